The number of halogens is 3. The summed E-state index contributed by atoms with van der Waals surface area (Å²) < 4.78 is 38.1. The fourth-order valence-corrected chi connectivity index (χ4v) is 3.04. The van der Waals surface area contributed by atoms with E-state index in [0.29, 0.717) is 22.2 Å². The number of benzene rings is 2. The Balaban J connectivity index is 1.82. The van der Waals surface area contributed by atoms with E-state index in [2.05, 4.69) is 9.97 Å². The molecule has 0 saturated heterocycles. The summed E-state index contributed by atoms with van der Waals surface area (Å²) in [5, 5.41) is 1.20. The molecule has 0 fully saturated rings. The van der Waals surface area contributed by atoms with Gasteiger partial charge in [0.25, 0.3) is 0 Å². The first kappa shape index (κ1) is 16.4. The maximum Gasteiger partial charge on any atom is 0.416 e. The summed E-state index contributed by atoms with van der Waals surface area (Å²) >= 11 is 1.40. The molecule has 2 N–H and O–H groups in total. The second kappa shape index (κ2) is 6.20. The standard InChI is InChI=1S/C16H11F3N2O2S/c17-16(18,19)11-3-1-10-6-13(4-2-9(10)5-11)24-8-12-7-20-14(22)15(23)21-12/h1-7H,8H2,(H,20,22)(H,21,23). The highest BCUT2D eigenvalue weighted by Gasteiger charge is 2.30. The van der Waals surface area contributed by atoms with E-state index in [4.69, 9.17) is 0 Å². The van der Waals surface area contributed by atoms with E-state index < -0.39 is 22.9 Å². The fourth-order valence-electron chi connectivity index (χ4n) is 2.19. The third kappa shape index (κ3) is 3.53. The summed E-state index contributed by atoms with van der Waals surface area (Å²) in [5.74, 6) is 0.415. The van der Waals surface area contributed by atoms with Crippen molar-refractivity contribution in [3.05, 3.63) is 74.6 Å². The summed E-state index contributed by atoms with van der Waals surface area (Å²) in [6.45, 7) is 0. The van der Waals surface area contributed by atoms with Crippen molar-refractivity contribution in [1.82, 2.24) is 9.97 Å². The summed E-state index contributed by atoms with van der Waals surface area (Å²) in [4.78, 5) is 27.9. The van der Waals surface area contributed by atoms with Gasteiger partial charge in [-0.25, -0.2) is 0 Å². The van der Waals surface area contributed by atoms with Gasteiger partial charge >= 0.3 is 17.3 Å². The molecule has 4 nitrogen and oxygen atoms in total. The van der Waals surface area contributed by atoms with Crippen molar-refractivity contribution in [2.24, 2.45) is 0 Å². The molecule has 0 atom stereocenters. The van der Waals surface area contributed by atoms with Crippen LogP contribution in [0.15, 0.2) is 57.1 Å². The van der Waals surface area contributed by atoms with Crippen molar-refractivity contribution in [2.45, 2.75) is 16.8 Å². The number of aromatic nitrogens is 2. The van der Waals surface area contributed by atoms with Gasteiger partial charge in [0, 0.05) is 22.5 Å². The SMILES string of the molecule is O=c1[nH]cc(CSc2ccc3cc(C(F)(F)F)ccc3c2)[nH]c1=O. The van der Waals surface area contributed by atoms with Crippen LogP contribution in [-0.4, -0.2) is 9.97 Å². The normalized spacial score (nSPS) is 11.8. The van der Waals surface area contributed by atoms with Crippen LogP contribution in [0.25, 0.3) is 10.8 Å². The van der Waals surface area contributed by atoms with Gasteiger partial charge in [0.2, 0.25) is 0 Å². The van der Waals surface area contributed by atoms with Crippen LogP contribution in [0.4, 0.5) is 13.2 Å². The highest BCUT2D eigenvalue weighted by Crippen LogP contribution is 2.32. The number of nitrogens with one attached hydrogen (secondary N) is 2. The van der Waals surface area contributed by atoms with Crippen LogP contribution in [0, 0.1) is 0 Å². The number of thioether (sulfide) groups is 1. The minimum atomic E-state index is -4.36. The monoisotopic (exact) mass is 352 g/mol. The van der Waals surface area contributed by atoms with Gasteiger partial charge in [-0.3, -0.25) is 9.59 Å². The lowest BCUT2D eigenvalue weighted by molar-refractivity contribution is -0.137. The Morgan fingerprint density at radius 1 is 0.958 bits per heavy atom. The van der Waals surface area contributed by atoms with Crippen LogP contribution in [0.2, 0.25) is 0 Å². The molecule has 0 aliphatic heterocycles. The van der Waals surface area contributed by atoms with Crippen molar-refractivity contribution in [3.63, 3.8) is 0 Å². The maximum atomic E-state index is 12.7. The van der Waals surface area contributed by atoms with E-state index in [1.807, 2.05) is 0 Å². The van der Waals surface area contributed by atoms with Crippen LogP contribution >= 0.6 is 11.8 Å². The molecule has 8 heteroatoms. The third-order valence-corrected chi connectivity index (χ3v) is 4.43. The molecular weight excluding hydrogens is 341 g/mol. The molecule has 3 aromatic rings. The van der Waals surface area contributed by atoms with Crippen molar-refractivity contribution < 1.29 is 13.2 Å². The Morgan fingerprint density at radius 3 is 2.38 bits per heavy atom. The molecule has 0 spiro atoms. The van der Waals surface area contributed by atoms with Crippen molar-refractivity contribution in [3.8, 4) is 0 Å². The molecule has 3 rings (SSSR count). The van der Waals surface area contributed by atoms with Crippen molar-refractivity contribution >= 4 is 22.5 Å². The average Bonchev–Trinajstić information content (AvgIpc) is 2.54. The van der Waals surface area contributed by atoms with Gasteiger partial charge in [-0.1, -0.05) is 12.1 Å². The quantitative estimate of drug-likeness (QED) is 0.560. The molecule has 0 unspecified atom stereocenters. The number of alkyl halides is 3. The number of H-pyrrole nitrogens is 2. The van der Waals surface area contributed by atoms with Gasteiger partial charge in [-0.15, -0.1) is 11.8 Å². The second-order valence-corrected chi connectivity index (χ2v) is 6.16. The number of hydrogen-bond donors (Lipinski definition) is 2. The zero-order chi connectivity index (χ0) is 17.3. The van der Waals surface area contributed by atoms with Crippen molar-refractivity contribution in [2.75, 3.05) is 0 Å². The van der Waals surface area contributed by atoms with E-state index in [1.54, 1.807) is 18.2 Å². The predicted octanol–water partition coefficient (Wildman–Crippen LogP) is 3.53. The van der Waals surface area contributed by atoms with Crippen LogP contribution in [0.1, 0.15) is 11.3 Å². The Labute approximate surface area is 137 Å². The van der Waals surface area contributed by atoms with Crippen LogP contribution in [0.3, 0.4) is 0 Å². The zero-order valence-electron chi connectivity index (χ0n) is 12.1. The van der Waals surface area contributed by atoms with Gasteiger partial charge in [0.15, 0.2) is 0 Å². The van der Waals surface area contributed by atoms with E-state index >= 15 is 0 Å². The third-order valence-electron chi connectivity index (χ3n) is 3.39. The highest BCUT2D eigenvalue weighted by molar-refractivity contribution is 7.98. The molecule has 0 saturated carbocycles. The smallest absolute Gasteiger partial charge is 0.323 e. The molecule has 0 bridgehead atoms. The Hall–Kier alpha value is -2.48. The molecule has 0 aliphatic rings. The van der Waals surface area contributed by atoms with E-state index in [-0.39, 0.29) is 0 Å². The highest BCUT2D eigenvalue weighted by atomic mass is 32.2. The summed E-state index contributed by atoms with van der Waals surface area (Å²) in [6, 6.07) is 8.73. The molecule has 1 aromatic heterocycles. The molecule has 24 heavy (non-hydrogen) atoms. The predicted molar refractivity (Wildman–Crippen MR) is 86.2 cm³/mol. The summed E-state index contributed by atoms with van der Waals surface area (Å²) in [5.41, 5.74) is -1.56. The van der Waals surface area contributed by atoms with Gasteiger partial charge in [0.05, 0.1) is 5.56 Å². The molecule has 0 amide bonds. The fraction of sp³-hybridized carbons (Fsp3) is 0.125. The lowest BCUT2D eigenvalue weighted by Crippen LogP contribution is -2.29. The Bertz CT molecular complexity index is 1010. The maximum absolute atomic E-state index is 12.7. The molecule has 0 aliphatic carbocycles. The first-order valence-corrected chi connectivity index (χ1v) is 7.86. The zero-order valence-corrected chi connectivity index (χ0v) is 12.9. The summed E-state index contributed by atoms with van der Waals surface area (Å²) in [6.07, 6.45) is -2.94. The van der Waals surface area contributed by atoms with Gasteiger partial charge in [-0.2, -0.15) is 13.2 Å². The topological polar surface area (TPSA) is 65.7 Å². The molecular formula is C16H11F3N2O2S. The minimum absolute atomic E-state index is 0.415. The van der Waals surface area contributed by atoms with Crippen LogP contribution in [0.5, 0.6) is 0 Å². The van der Waals surface area contributed by atoms with Gasteiger partial charge < -0.3 is 9.97 Å². The average molecular weight is 352 g/mol. The Morgan fingerprint density at radius 2 is 1.67 bits per heavy atom. The minimum Gasteiger partial charge on any atom is -0.323 e. The molecule has 124 valence electrons. The molecule has 1 heterocycles. The van der Waals surface area contributed by atoms with Crippen molar-refractivity contribution in [1.29, 1.82) is 0 Å². The number of aromatic amines is 2. The number of hydrogen-bond acceptors (Lipinski definition) is 3. The van der Waals surface area contributed by atoms with E-state index in [9.17, 15) is 22.8 Å². The molecule has 2 aromatic carbocycles. The number of fused-ring (bicyclic) bond motifs is 1. The first-order chi connectivity index (χ1) is 11.3. The largest absolute Gasteiger partial charge is 0.416 e. The van der Waals surface area contributed by atoms with E-state index in [0.717, 1.165) is 17.0 Å². The van der Waals surface area contributed by atoms with Crippen LogP contribution < -0.4 is 11.1 Å². The number of rotatable bonds is 3. The molecule has 0 radical (unpaired) electrons. The summed E-state index contributed by atoms with van der Waals surface area (Å²) in [7, 11) is 0. The lowest BCUT2D eigenvalue weighted by Gasteiger charge is -2.09. The van der Waals surface area contributed by atoms with Gasteiger partial charge in [-0.05, 0) is 35.0 Å². The van der Waals surface area contributed by atoms with Crippen LogP contribution in [-0.2, 0) is 11.9 Å². The first-order valence-electron chi connectivity index (χ1n) is 6.87. The second-order valence-electron chi connectivity index (χ2n) is 5.11. The van der Waals surface area contributed by atoms with E-state index in [1.165, 1.54) is 24.0 Å². The van der Waals surface area contributed by atoms with Gasteiger partial charge in [0.1, 0.15) is 0 Å². The lowest BCUT2D eigenvalue weighted by atomic mass is 10.1. The Kier molecular flexibility index (Phi) is 4.23.